The van der Waals surface area contributed by atoms with Gasteiger partial charge < -0.3 is 24.3 Å². The van der Waals surface area contributed by atoms with Gasteiger partial charge in [0.25, 0.3) is 0 Å². The first kappa shape index (κ1) is 25.8. The van der Waals surface area contributed by atoms with Gasteiger partial charge in [-0.3, -0.25) is 5.26 Å². The topological polar surface area (TPSA) is 113 Å². The van der Waals surface area contributed by atoms with Gasteiger partial charge in [-0.25, -0.2) is 14.5 Å². The van der Waals surface area contributed by atoms with Gasteiger partial charge in [0.15, 0.2) is 5.79 Å². The molecule has 1 spiro atoms. The number of hydrogen-bond acceptors (Lipinski definition) is 8. The minimum absolute atomic E-state index is 0.0981. The summed E-state index contributed by atoms with van der Waals surface area (Å²) in [6, 6.07) is -0.997. The molecule has 9 nitrogen and oxygen atoms in total. The van der Waals surface area contributed by atoms with Crippen molar-refractivity contribution in [1.82, 2.24) is 5.32 Å². The molecule has 31 heavy (non-hydrogen) atoms. The number of methoxy groups -OCH3 is 1. The molecule has 0 radical (unpaired) electrons. The van der Waals surface area contributed by atoms with E-state index in [1.54, 1.807) is 20.8 Å². The molecule has 1 aliphatic heterocycles. The van der Waals surface area contributed by atoms with Gasteiger partial charge in [-0.2, -0.15) is 0 Å². The number of amides is 1. The molecule has 2 N–H and O–H groups in total. The van der Waals surface area contributed by atoms with Crippen molar-refractivity contribution in [1.29, 1.82) is 0 Å². The lowest BCUT2D eigenvalue weighted by molar-refractivity contribution is -0.277. The van der Waals surface area contributed by atoms with Crippen LogP contribution >= 0.6 is 0 Å². The van der Waals surface area contributed by atoms with E-state index in [0.717, 1.165) is 19.3 Å². The van der Waals surface area contributed by atoms with Gasteiger partial charge in [0.2, 0.25) is 0 Å². The zero-order valence-corrected chi connectivity index (χ0v) is 19.8. The van der Waals surface area contributed by atoms with Crippen molar-refractivity contribution in [2.75, 3.05) is 13.7 Å². The van der Waals surface area contributed by atoms with Crippen LogP contribution < -0.4 is 5.32 Å². The lowest BCUT2D eigenvalue weighted by Gasteiger charge is -2.44. The molecule has 0 aromatic carbocycles. The third-order valence-electron chi connectivity index (χ3n) is 5.97. The molecule has 2 aliphatic rings. The van der Waals surface area contributed by atoms with E-state index in [-0.39, 0.29) is 18.9 Å². The van der Waals surface area contributed by atoms with E-state index < -0.39 is 41.7 Å². The maximum absolute atomic E-state index is 12.4. The summed E-state index contributed by atoms with van der Waals surface area (Å²) in [6.07, 6.45) is 0.972. The molecule has 1 saturated heterocycles. The molecule has 0 unspecified atom stereocenters. The maximum Gasteiger partial charge on any atom is 0.408 e. The first-order chi connectivity index (χ1) is 14.4. The highest BCUT2D eigenvalue weighted by Crippen LogP contribution is 2.49. The van der Waals surface area contributed by atoms with E-state index in [1.807, 2.05) is 0 Å². The first-order valence-corrected chi connectivity index (χ1v) is 11.1. The van der Waals surface area contributed by atoms with Crippen LogP contribution in [0.3, 0.4) is 0 Å². The molecule has 9 heteroatoms. The summed E-state index contributed by atoms with van der Waals surface area (Å²) in [7, 11) is 1.26. The lowest BCUT2D eigenvalue weighted by atomic mass is 9.73. The summed E-state index contributed by atoms with van der Waals surface area (Å²) in [5.41, 5.74) is -0.711. The highest BCUT2D eigenvalue weighted by molar-refractivity contribution is 5.81. The Labute approximate surface area is 185 Å². The van der Waals surface area contributed by atoms with Crippen LogP contribution in [0.25, 0.3) is 0 Å². The fourth-order valence-electron chi connectivity index (χ4n) is 4.68. The highest BCUT2D eigenvalue weighted by Gasteiger charge is 2.55. The van der Waals surface area contributed by atoms with E-state index in [4.69, 9.17) is 24.2 Å². The van der Waals surface area contributed by atoms with Gasteiger partial charge in [-0.15, -0.1) is 0 Å². The summed E-state index contributed by atoms with van der Waals surface area (Å²) in [5.74, 6) is -0.507. The van der Waals surface area contributed by atoms with Crippen LogP contribution in [0.4, 0.5) is 4.79 Å². The Morgan fingerprint density at radius 2 is 1.84 bits per heavy atom. The van der Waals surface area contributed by atoms with Gasteiger partial charge >= 0.3 is 12.1 Å². The van der Waals surface area contributed by atoms with E-state index in [2.05, 4.69) is 31.0 Å². The van der Waals surface area contributed by atoms with Crippen LogP contribution in [-0.4, -0.2) is 60.7 Å². The van der Waals surface area contributed by atoms with Crippen LogP contribution in [0, 0.1) is 17.8 Å². The van der Waals surface area contributed by atoms with Crippen molar-refractivity contribution in [2.45, 2.75) is 96.9 Å². The zero-order chi connectivity index (χ0) is 23.4. The number of esters is 1. The van der Waals surface area contributed by atoms with Gasteiger partial charge in [0.05, 0.1) is 13.2 Å². The van der Waals surface area contributed by atoms with Crippen molar-refractivity contribution in [3.8, 4) is 0 Å². The largest absolute Gasteiger partial charge is 0.467 e. The fourth-order valence-corrected chi connectivity index (χ4v) is 4.68. The minimum Gasteiger partial charge on any atom is -0.467 e. The second kappa shape index (κ2) is 10.5. The molecule has 0 aromatic heterocycles. The van der Waals surface area contributed by atoms with E-state index in [9.17, 15) is 9.59 Å². The number of ether oxygens (including phenoxy) is 4. The van der Waals surface area contributed by atoms with Gasteiger partial charge in [0.1, 0.15) is 24.4 Å². The first-order valence-electron chi connectivity index (χ1n) is 11.1. The second-order valence-corrected chi connectivity index (χ2v) is 10.1. The summed E-state index contributed by atoms with van der Waals surface area (Å²) in [4.78, 5) is 29.1. The number of nitrogens with one attached hydrogen (secondary N) is 1. The van der Waals surface area contributed by atoms with Crippen molar-refractivity contribution in [3.63, 3.8) is 0 Å². The smallest absolute Gasteiger partial charge is 0.408 e. The van der Waals surface area contributed by atoms with E-state index in [1.165, 1.54) is 7.11 Å². The normalized spacial score (nSPS) is 32.2. The van der Waals surface area contributed by atoms with E-state index >= 15 is 0 Å². The molecule has 1 saturated carbocycles. The molecule has 6 atom stereocenters. The molecule has 1 aliphatic carbocycles. The van der Waals surface area contributed by atoms with Crippen molar-refractivity contribution < 1.29 is 38.7 Å². The lowest BCUT2D eigenvalue weighted by Crippen LogP contribution is -2.48. The Balaban J connectivity index is 2.21. The van der Waals surface area contributed by atoms with Gasteiger partial charge in [-0.05, 0) is 39.0 Å². The zero-order valence-electron chi connectivity index (χ0n) is 19.8. The summed E-state index contributed by atoms with van der Waals surface area (Å²) in [5, 5.41) is 11.7. The molecule has 0 bridgehead atoms. The molecule has 2 fully saturated rings. The number of hydrogen-bond donors (Lipinski definition) is 2. The number of carbonyl (C=O) groups is 2. The maximum atomic E-state index is 12.4. The Morgan fingerprint density at radius 3 is 2.39 bits per heavy atom. The monoisotopic (exact) mass is 445 g/mol. The Kier molecular flexibility index (Phi) is 8.72. The molecule has 0 aromatic rings. The summed E-state index contributed by atoms with van der Waals surface area (Å²) < 4.78 is 23.0. The number of rotatable bonds is 7. The summed E-state index contributed by atoms with van der Waals surface area (Å²) >= 11 is 0. The molecule has 2 rings (SSSR count). The Hall–Kier alpha value is -1.42. The van der Waals surface area contributed by atoms with Gasteiger partial charge in [0, 0.05) is 18.8 Å². The number of alkyl carbamates (subject to hydrolysis) is 1. The fraction of sp³-hybridized carbons (Fsp3) is 0.909. The third-order valence-corrected chi connectivity index (χ3v) is 5.97. The Bertz CT molecular complexity index is 619. The summed E-state index contributed by atoms with van der Waals surface area (Å²) in [6.45, 7) is 11.6. The van der Waals surface area contributed by atoms with E-state index in [0.29, 0.717) is 11.8 Å². The van der Waals surface area contributed by atoms with Crippen LogP contribution in [-0.2, 0) is 28.6 Å². The van der Waals surface area contributed by atoms with Crippen LogP contribution in [0.5, 0.6) is 0 Å². The number of carbonyl (C=O) groups excluding carboxylic acids is 2. The standard InChI is InChI=1S/C22H39NO8/c1-13(2)15-9-8-14(3)11-22(15)29-17(18(30-22)12-28-26)10-16(19(24)27-7)23-20(25)31-21(4,5)6/h13-18,26H,8-12H2,1-7H3,(H,23,25)/t14-,15+,16+,17+,18-,22+/m1/s1. The van der Waals surface area contributed by atoms with Crippen molar-refractivity contribution >= 4 is 12.1 Å². The highest BCUT2D eigenvalue weighted by atomic mass is 17.1. The second-order valence-electron chi connectivity index (χ2n) is 10.1. The molecule has 1 heterocycles. The van der Waals surface area contributed by atoms with Crippen molar-refractivity contribution in [3.05, 3.63) is 0 Å². The average molecular weight is 446 g/mol. The van der Waals surface area contributed by atoms with Gasteiger partial charge in [-0.1, -0.05) is 27.2 Å². The minimum atomic E-state index is -0.997. The average Bonchev–Trinajstić information content (AvgIpc) is 2.95. The molecular weight excluding hydrogens is 406 g/mol. The molecular formula is C22H39NO8. The molecule has 1 amide bonds. The third kappa shape index (κ3) is 6.78. The van der Waals surface area contributed by atoms with Crippen LogP contribution in [0.1, 0.15) is 67.2 Å². The molecule has 180 valence electrons. The van der Waals surface area contributed by atoms with Crippen molar-refractivity contribution in [2.24, 2.45) is 17.8 Å². The van der Waals surface area contributed by atoms with Crippen LogP contribution in [0.2, 0.25) is 0 Å². The SMILES string of the molecule is COC(=O)[C@H](C[C@@H]1O[C@@]2(C[C@H](C)CC[C@H]2C(C)C)O[C@@H]1COO)NC(=O)OC(C)(C)C. The predicted octanol–water partition coefficient (Wildman–Crippen LogP) is 3.50. The predicted molar refractivity (Wildman–Crippen MR) is 112 cm³/mol. The quantitative estimate of drug-likeness (QED) is 0.348. The van der Waals surface area contributed by atoms with Crippen LogP contribution in [0.15, 0.2) is 0 Å². The Morgan fingerprint density at radius 1 is 1.19 bits per heavy atom.